The lowest BCUT2D eigenvalue weighted by molar-refractivity contribution is -0.123. The Balaban J connectivity index is 0.00000243. The molecule has 1 aliphatic rings. The van der Waals surface area contributed by atoms with Gasteiger partial charge in [0, 0.05) is 37.8 Å². The van der Waals surface area contributed by atoms with E-state index in [0.29, 0.717) is 18.7 Å². The van der Waals surface area contributed by atoms with Crippen LogP contribution in [0.3, 0.4) is 0 Å². The van der Waals surface area contributed by atoms with Crippen LogP contribution in [0.5, 0.6) is 0 Å². The minimum absolute atomic E-state index is 0. The van der Waals surface area contributed by atoms with Gasteiger partial charge in [0.15, 0.2) is 0 Å². The highest BCUT2D eigenvalue weighted by Crippen LogP contribution is 2.22. The molecule has 1 atom stereocenters. The molecular weight excluding hydrogens is 360 g/mol. The van der Waals surface area contributed by atoms with Crippen LogP contribution in [0.1, 0.15) is 17.2 Å². The summed E-state index contributed by atoms with van der Waals surface area (Å²) in [7, 11) is 0. The standard InChI is InChI=1S/C19H21F2N3O.ClH/c20-16-6-3-5-14(10-16)18-12-22-8-9-24(18)13-19(25)23-11-15-4-1-2-7-17(15)21;/h1-7,10,18,22H,8-9,11-13H2,(H,23,25);1H. The molecule has 0 bridgehead atoms. The number of piperazine rings is 1. The number of carbonyl (C=O) groups is 1. The largest absolute Gasteiger partial charge is 0.351 e. The molecule has 0 spiro atoms. The molecule has 0 aromatic heterocycles. The van der Waals surface area contributed by atoms with Crippen LogP contribution in [0.15, 0.2) is 48.5 Å². The van der Waals surface area contributed by atoms with Gasteiger partial charge in [-0.05, 0) is 23.8 Å². The Morgan fingerprint density at radius 2 is 2.00 bits per heavy atom. The van der Waals surface area contributed by atoms with Crippen molar-refractivity contribution in [3.05, 3.63) is 71.3 Å². The highest BCUT2D eigenvalue weighted by molar-refractivity contribution is 5.85. The first-order valence-electron chi connectivity index (χ1n) is 8.34. The Bertz CT molecular complexity index is 744. The molecule has 1 amide bonds. The number of hydrogen-bond donors (Lipinski definition) is 2. The first kappa shape index (κ1) is 20.3. The van der Waals surface area contributed by atoms with Crippen LogP contribution in [0.4, 0.5) is 8.78 Å². The van der Waals surface area contributed by atoms with Gasteiger partial charge in [0.05, 0.1) is 6.54 Å². The molecule has 140 valence electrons. The number of nitrogens with one attached hydrogen (secondary N) is 2. The van der Waals surface area contributed by atoms with Crippen LogP contribution in [-0.2, 0) is 11.3 Å². The van der Waals surface area contributed by atoms with Crippen molar-refractivity contribution in [1.29, 1.82) is 0 Å². The highest BCUT2D eigenvalue weighted by atomic mass is 35.5. The molecule has 1 fully saturated rings. The monoisotopic (exact) mass is 381 g/mol. The van der Waals surface area contributed by atoms with Crippen LogP contribution >= 0.6 is 12.4 Å². The van der Waals surface area contributed by atoms with Crippen molar-refractivity contribution in [1.82, 2.24) is 15.5 Å². The smallest absolute Gasteiger partial charge is 0.234 e. The van der Waals surface area contributed by atoms with Crippen LogP contribution in [-0.4, -0.2) is 37.0 Å². The summed E-state index contributed by atoms with van der Waals surface area (Å²) in [5, 5.41) is 6.03. The summed E-state index contributed by atoms with van der Waals surface area (Å²) in [6.45, 7) is 2.46. The lowest BCUT2D eigenvalue weighted by Crippen LogP contribution is -2.49. The fourth-order valence-electron chi connectivity index (χ4n) is 3.05. The summed E-state index contributed by atoms with van der Waals surface area (Å²) in [4.78, 5) is 14.3. The minimum Gasteiger partial charge on any atom is -0.351 e. The topological polar surface area (TPSA) is 44.4 Å². The number of benzene rings is 2. The van der Waals surface area contributed by atoms with Crippen molar-refractivity contribution in [3.8, 4) is 0 Å². The van der Waals surface area contributed by atoms with Crippen molar-refractivity contribution in [2.75, 3.05) is 26.2 Å². The molecule has 2 N–H and O–H groups in total. The van der Waals surface area contributed by atoms with Gasteiger partial charge in [-0.25, -0.2) is 8.78 Å². The molecule has 1 heterocycles. The van der Waals surface area contributed by atoms with E-state index in [9.17, 15) is 13.6 Å². The van der Waals surface area contributed by atoms with Gasteiger partial charge in [0.1, 0.15) is 11.6 Å². The number of hydrogen-bond acceptors (Lipinski definition) is 3. The third kappa shape index (κ3) is 5.24. The lowest BCUT2D eigenvalue weighted by Gasteiger charge is -2.36. The molecule has 1 aliphatic heterocycles. The molecule has 0 aliphatic carbocycles. The van der Waals surface area contributed by atoms with Gasteiger partial charge in [0.2, 0.25) is 5.91 Å². The van der Waals surface area contributed by atoms with Crippen molar-refractivity contribution in [2.24, 2.45) is 0 Å². The molecule has 26 heavy (non-hydrogen) atoms. The van der Waals surface area contributed by atoms with Gasteiger partial charge < -0.3 is 10.6 Å². The van der Waals surface area contributed by atoms with Gasteiger partial charge >= 0.3 is 0 Å². The first-order valence-corrected chi connectivity index (χ1v) is 8.34. The molecule has 2 aromatic carbocycles. The number of nitrogens with zero attached hydrogens (tertiary/aromatic N) is 1. The lowest BCUT2D eigenvalue weighted by atomic mass is 10.0. The van der Waals surface area contributed by atoms with Crippen molar-refractivity contribution >= 4 is 18.3 Å². The van der Waals surface area contributed by atoms with Crippen LogP contribution in [0.2, 0.25) is 0 Å². The van der Waals surface area contributed by atoms with Crippen molar-refractivity contribution < 1.29 is 13.6 Å². The van der Waals surface area contributed by atoms with E-state index in [1.165, 1.54) is 18.2 Å². The zero-order valence-corrected chi connectivity index (χ0v) is 15.1. The predicted molar refractivity (Wildman–Crippen MR) is 99.1 cm³/mol. The second-order valence-electron chi connectivity index (χ2n) is 6.11. The van der Waals surface area contributed by atoms with Gasteiger partial charge in [-0.15, -0.1) is 12.4 Å². The fourth-order valence-corrected chi connectivity index (χ4v) is 3.05. The average molecular weight is 382 g/mol. The van der Waals surface area contributed by atoms with E-state index in [1.54, 1.807) is 24.3 Å². The second-order valence-corrected chi connectivity index (χ2v) is 6.11. The maximum atomic E-state index is 13.6. The Morgan fingerprint density at radius 1 is 1.19 bits per heavy atom. The Hall–Kier alpha value is -2.02. The summed E-state index contributed by atoms with van der Waals surface area (Å²) in [5.41, 5.74) is 1.30. The van der Waals surface area contributed by atoms with E-state index in [4.69, 9.17) is 0 Å². The van der Waals surface area contributed by atoms with Gasteiger partial charge in [-0.3, -0.25) is 9.69 Å². The van der Waals surface area contributed by atoms with E-state index < -0.39 is 0 Å². The van der Waals surface area contributed by atoms with Crippen LogP contribution in [0, 0.1) is 11.6 Å². The first-order chi connectivity index (χ1) is 12.1. The van der Waals surface area contributed by atoms with Crippen LogP contribution < -0.4 is 10.6 Å². The average Bonchev–Trinajstić information content (AvgIpc) is 2.61. The quantitative estimate of drug-likeness (QED) is 0.837. The third-order valence-corrected chi connectivity index (χ3v) is 4.37. The molecule has 0 radical (unpaired) electrons. The fraction of sp³-hybridized carbons (Fsp3) is 0.316. The van der Waals surface area contributed by atoms with Crippen molar-refractivity contribution in [2.45, 2.75) is 12.6 Å². The van der Waals surface area contributed by atoms with Gasteiger partial charge in [0.25, 0.3) is 0 Å². The maximum Gasteiger partial charge on any atom is 0.234 e. The molecule has 3 rings (SSSR count). The molecular formula is C19H22ClF2N3O. The zero-order chi connectivity index (χ0) is 17.6. The number of amides is 1. The molecule has 1 unspecified atom stereocenters. The number of carbonyl (C=O) groups excluding carboxylic acids is 1. The number of rotatable bonds is 5. The Kier molecular flexibility index (Phi) is 7.50. The minimum atomic E-state index is -0.331. The third-order valence-electron chi connectivity index (χ3n) is 4.37. The molecule has 7 heteroatoms. The van der Waals surface area contributed by atoms with E-state index in [1.807, 2.05) is 11.0 Å². The highest BCUT2D eigenvalue weighted by Gasteiger charge is 2.25. The molecule has 0 saturated carbocycles. The van der Waals surface area contributed by atoms with Gasteiger partial charge in [-0.1, -0.05) is 30.3 Å². The molecule has 4 nitrogen and oxygen atoms in total. The summed E-state index contributed by atoms with van der Waals surface area (Å²) < 4.78 is 27.1. The Morgan fingerprint density at radius 3 is 2.77 bits per heavy atom. The normalized spacial score (nSPS) is 17.4. The zero-order valence-electron chi connectivity index (χ0n) is 14.3. The van der Waals surface area contributed by atoms with Gasteiger partial charge in [-0.2, -0.15) is 0 Å². The van der Waals surface area contributed by atoms with Crippen LogP contribution in [0.25, 0.3) is 0 Å². The Labute approximate surface area is 158 Å². The maximum absolute atomic E-state index is 13.6. The van der Waals surface area contributed by atoms with E-state index in [2.05, 4.69) is 10.6 Å². The second kappa shape index (κ2) is 9.62. The summed E-state index contributed by atoms with van der Waals surface area (Å²) in [5.74, 6) is -0.791. The van der Waals surface area contributed by atoms with Crippen molar-refractivity contribution in [3.63, 3.8) is 0 Å². The van der Waals surface area contributed by atoms with E-state index in [0.717, 1.165) is 12.1 Å². The summed E-state index contributed by atoms with van der Waals surface area (Å²) in [6.07, 6.45) is 0. The SMILES string of the molecule is Cl.O=C(CN1CCNCC1c1cccc(F)c1)NCc1ccccc1F. The predicted octanol–water partition coefficient (Wildman–Crippen LogP) is 2.65. The molecule has 2 aromatic rings. The summed E-state index contributed by atoms with van der Waals surface area (Å²) >= 11 is 0. The number of halogens is 3. The van der Waals surface area contributed by atoms with E-state index >= 15 is 0 Å². The van der Waals surface area contributed by atoms with E-state index in [-0.39, 0.29) is 49.1 Å². The summed E-state index contributed by atoms with van der Waals surface area (Å²) in [6, 6.07) is 12.8. The molecule has 1 saturated heterocycles.